The van der Waals surface area contributed by atoms with E-state index in [4.69, 9.17) is 9.47 Å². The summed E-state index contributed by atoms with van der Waals surface area (Å²) in [5.41, 5.74) is -0.972. The van der Waals surface area contributed by atoms with Crippen molar-refractivity contribution in [3.63, 3.8) is 0 Å². The number of aromatic nitrogens is 1. The van der Waals surface area contributed by atoms with Gasteiger partial charge in [0.15, 0.2) is 0 Å². The molecule has 3 aliphatic rings. The van der Waals surface area contributed by atoms with Crippen LogP contribution in [0.3, 0.4) is 0 Å². The highest BCUT2D eigenvalue weighted by Crippen LogP contribution is 2.67. The molecular formula is C29H40N2O7. The Bertz CT molecular complexity index is 1110. The van der Waals surface area contributed by atoms with Crippen molar-refractivity contribution in [1.82, 2.24) is 10.3 Å². The molecule has 3 aliphatic carbocycles. The topological polar surface area (TPSA) is 135 Å². The molecule has 208 valence electrons. The molecule has 38 heavy (non-hydrogen) atoms. The Balaban J connectivity index is 1.57. The summed E-state index contributed by atoms with van der Waals surface area (Å²) < 4.78 is 11.1. The monoisotopic (exact) mass is 528 g/mol. The van der Waals surface area contributed by atoms with E-state index in [1.807, 2.05) is 20.8 Å². The molecule has 1 aromatic heterocycles. The maximum Gasteiger partial charge on any atom is 0.417 e. The highest BCUT2D eigenvalue weighted by molar-refractivity contribution is 5.88. The van der Waals surface area contributed by atoms with Crippen molar-refractivity contribution in [2.75, 3.05) is 0 Å². The molecule has 1 unspecified atom stereocenters. The van der Waals surface area contributed by atoms with Crippen LogP contribution in [0.1, 0.15) is 71.2 Å². The van der Waals surface area contributed by atoms with E-state index in [0.29, 0.717) is 24.2 Å². The van der Waals surface area contributed by atoms with Crippen LogP contribution >= 0.6 is 0 Å². The van der Waals surface area contributed by atoms with E-state index >= 15 is 0 Å². The molecule has 8 atom stereocenters. The van der Waals surface area contributed by atoms with E-state index < -0.39 is 35.2 Å². The van der Waals surface area contributed by atoms with Crippen LogP contribution in [-0.2, 0) is 27.5 Å². The zero-order chi connectivity index (χ0) is 27.9. The van der Waals surface area contributed by atoms with E-state index in [9.17, 15) is 24.6 Å². The highest BCUT2D eigenvalue weighted by Gasteiger charge is 2.68. The molecule has 4 rings (SSSR count). The number of hydrogen-bond donors (Lipinski definition) is 3. The van der Waals surface area contributed by atoms with Crippen molar-refractivity contribution in [2.24, 2.45) is 34.0 Å². The minimum atomic E-state index is -0.995. The van der Waals surface area contributed by atoms with Gasteiger partial charge in [-0.05, 0) is 55.1 Å². The Morgan fingerprint density at radius 2 is 1.92 bits per heavy atom. The molecule has 1 aromatic rings. The number of carbonyl (C=O) groups is 3. The number of nitrogens with zero attached hydrogens (tertiary/aromatic N) is 1. The third-order valence-corrected chi connectivity index (χ3v) is 10.1. The molecule has 3 fully saturated rings. The SMILES string of the molecule is C=C[C@]1(C)C[C@@H](OC(=O)NC(=O)OCc2cccc(CO)n2)[C@@]2(C)C(C)CC[C@]3(CCC(=O)[C@H]32)[C@@H](C)[C@@H]1O. The first kappa shape index (κ1) is 28.2. The predicted molar refractivity (Wildman–Crippen MR) is 139 cm³/mol. The minimum absolute atomic E-state index is 0.0776. The van der Waals surface area contributed by atoms with Gasteiger partial charge in [-0.25, -0.2) is 14.9 Å². The van der Waals surface area contributed by atoms with Gasteiger partial charge in [0.2, 0.25) is 0 Å². The molecule has 0 radical (unpaired) electrons. The Kier molecular flexibility index (Phi) is 7.74. The van der Waals surface area contributed by atoms with Crippen LogP contribution in [0.2, 0.25) is 0 Å². The summed E-state index contributed by atoms with van der Waals surface area (Å²) in [5.74, 6) is -0.246. The number of imide groups is 1. The number of pyridine rings is 1. The fourth-order valence-corrected chi connectivity index (χ4v) is 7.62. The number of aliphatic hydroxyl groups excluding tert-OH is 2. The van der Waals surface area contributed by atoms with Gasteiger partial charge in [-0.1, -0.05) is 39.8 Å². The van der Waals surface area contributed by atoms with Crippen molar-refractivity contribution in [3.05, 3.63) is 42.2 Å². The fraction of sp³-hybridized carbons (Fsp3) is 0.655. The van der Waals surface area contributed by atoms with Crippen LogP contribution in [0.4, 0.5) is 9.59 Å². The average Bonchev–Trinajstić information content (AvgIpc) is 3.26. The third-order valence-electron chi connectivity index (χ3n) is 10.1. The van der Waals surface area contributed by atoms with E-state index in [1.165, 1.54) is 0 Å². The summed E-state index contributed by atoms with van der Waals surface area (Å²) in [4.78, 5) is 43.0. The summed E-state index contributed by atoms with van der Waals surface area (Å²) >= 11 is 0. The molecule has 3 N–H and O–H groups in total. The number of ketones is 1. The van der Waals surface area contributed by atoms with Crippen LogP contribution in [0.15, 0.2) is 30.9 Å². The first-order chi connectivity index (χ1) is 17.9. The molecule has 2 amide bonds. The number of carbonyl (C=O) groups excluding carboxylic acids is 3. The van der Waals surface area contributed by atoms with Crippen molar-refractivity contribution in [2.45, 2.75) is 85.2 Å². The summed E-state index contributed by atoms with van der Waals surface area (Å²) in [7, 11) is 0. The van der Waals surface area contributed by atoms with E-state index in [0.717, 1.165) is 12.8 Å². The van der Waals surface area contributed by atoms with Crippen molar-refractivity contribution in [1.29, 1.82) is 0 Å². The average molecular weight is 529 g/mol. The molecule has 9 heteroatoms. The molecule has 0 spiro atoms. The quantitative estimate of drug-likeness (QED) is 0.482. The van der Waals surface area contributed by atoms with Gasteiger partial charge >= 0.3 is 12.2 Å². The molecular weight excluding hydrogens is 488 g/mol. The first-order valence-electron chi connectivity index (χ1n) is 13.5. The number of aliphatic hydroxyl groups is 2. The van der Waals surface area contributed by atoms with Crippen molar-refractivity contribution >= 4 is 18.0 Å². The summed E-state index contributed by atoms with van der Waals surface area (Å²) in [5, 5.41) is 22.9. The largest absolute Gasteiger partial charge is 0.445 e. The zero-order valence-electron chi connectivity index (χ0n) is 22.7. The lowest BCUT2D eigenvalue weighted by Gasteiger charge is -2.61. The lowest BCUT2D eigenvalue weighted by Crippen LogP contribution is -2.63. The number of alkyl carbamates (subject to hydrolysis) is 2. The number of rotatable bonds is 5. The molecule has 0 aliphatic heterocycles. The summed E-state index contributed by atoms with van der Waals surface area (Å²) in [6.07, 6.45) is 1.36. The number of hydrogen-bond acceptors (Lipinski definition) is 8. The molecule has 9 nitrogen and oxygen atoms in total. The first-order valence-corrected chi connectivity index (χ1v) is 13.5. The third kappa shape index (κ3) is 4.64. The van der Waals surface area contributed by atoms with E-state index in [-0.39, 0.29) is 48.6 Å². The Morgan fingerprint density at radius 3 is 2.61 bits per heavy atom. The smallest absolute Gasteiger partial charge is 0.417 e. The minimum Gasteiger partial charge on any atom is -0.445 e. The second-order valence-electron chi connectivity index (χ2n) is 12.0. The second kappa shape index (κ2) is 10.4. The maximum absolute atomic E-state index is 13.4. The van der Waals surface area contributed by atoms with Gasteiger partial charge in [-0.2, -0.15) is 0 Å². The van der Waals surface area contributed by atoms with Crippen LogP contribution in [0, 0.1) is 34.0 Å². The standard InChI is InChI=1S/C29H40N2O7/c1-6-27(4)14-22(38-26(36)31-25(35)37-16-20-9-7-8-19(15-32)30-20)28(5)17(2)10-12-29(18(3)24(27)34)13-11-21(33)23(28)29/h6-9,17-18,22-24,32,34H,1,10-16H2,2-5H3,(H,31,35,36)/t17?,18-,22+,23-,24-,27+,28+,29-/m0/s1. The molecule has 0 aromatic carbocycles. The molecule has 3 saturated carbocycles. The Labute approximate surface area is 224 Å². The van der Waals surface area contributed by atoms with Crippen LogP contribution in [-0.4, -0.2) is 45.4 Å². The number of ether oxygens (including phenoxy) is 2. The predicted octanol–water partition coefficient (Wildman–Crippen LogP) is 4.30. The van der Waals surface area contributed by atoms with Gasteiger partial charge < -0.3 is 19.7 Å². The number of nitrogens with one attached hydrogen (secondary N) is 1. The van der Waals surface area contributed by atoms with Crippen LogP contribution in [0.25, 0.3) is 0 Å². The van der Waals surface area contributed by atoms with Crippen molar-refractivity contribution in [3.8, 4) is 0 Å². The van der Waals surface area contributed by atoms with Crippen molar-refractivity contribution < 1.29 is 34.1 Å². The molecule has 1 heterocycles. The van der Waals surface area contributed by atoms with Crippen LogP contribution < -0.4 is 5.32 Å². The van der Waals surface area contributed by atoms with Gasteiger partial charge in [-0.3, -0.25) is 9.78 Å². The Morgan fingerprint density at radius 1 is 1.21 bits per heavy atom. The summed E-state index contributed by atoms with van der Waals surface area (Å²) in [6, 6.07) is 4.96. The number of Topliss-reactive ketones (excluding diaryl/α,β-unsaturated/α-hetero) is 1. The normalized spacial score (nSPS) is 38.4. The number of amides is 2. The summed E-state index contributed by atoms with van der Waals surface area (Å²) in [6.45, 7) is 11.6. The van der Waals surface area contributed by atoms with E-state index in [1.54, 1.807) is 24.3 Å². The van der Waals surface area contributed by atoms with Gasteiger partial charge in [0.05, 0.1) is 24.1 Å². The Hall–Kier alpha value is -2.78. The van der Waals surface area contributed by atoms with Crippen LogP contribution in [0.5, 0.6) is 0 Å². The van der Waals surface area contributed by atoms with Gasteiger partial charge in [0.1, 0.15) is 18.5 Å². The van der Waals surface area contributed by atoms with Gasteiger partial charge in [-0.15, -0.1) is 6.58 Å². The molecule has 2 bridgehead atoms. The highest BCUT2D eigenvalue weighted by atomic mass is 16.6. The zero-order valence-corrected chi connectivity index (χ0v) is 22.7. The lowest BCUT2D eigenvalue weighted by molar-refractivity contribution is -0.191. The fourth-order valence-electron chi connectivity index (χ4n) is 7.62. The van der Waals surface area contributed by atoms with Gasteiger partial charge in [0.25, 0.3) is 0 Å². The molecule has 0 saturated heterocycles. The second-order valence-corrected chi connectivity index (χ2v) is 12.0. The van der Waals surface area contributed by atoms with Gasteiger partial charge in [0, 0.05) is 23.2 Å². The lowest BCUT2D eigenvalue weighted by atomic mass is 9.44. The van der Waals surface area contributed by atoms with E-state index in [2.05, 4.69) is 23.8 Å². The maximum atomic E-state index is 13.4.